The van der Waals surface area contributed by atoms with Gasteiger partial charge in [0.15, 0.2) is 0 Å². The molecule has 2 heterocycles. The van der Waals surface area contributed by atoms with Gasteiger partial charge in [-0.1, -0.05) is 47.7 Å². The van der Waals surface area contributed by atoms with Crippen molar-refractivity contribution in [3.05, 3.63) is 72.0 Å². The van der Waals surface area contributed by atoms with Crippen LogP contribution in [0.5, 0.6) is 5.75 Å². The average Bonchev–Trinajstić information content (AvgIpc) is 3.48. The van der Waals surface area contributed by atoms with Crippen LogP contribution in [0.25, 0.3) is 6.08 Å². The van der Waals surface area contributed by atoms with E-state index in [1.165, 1.54) is 37.7 Å². The molecule has 1 amide bonds. The van der Waals surface area contributed by atoms with Gasteiger partial charge in [-0.05, 0) is 17.7 Å². The third-order valence-electron chi connectivity index (χ3n) is 4.60. The quantitative estimate of drug-likeness (QED) is 0.239. The van der Waals surface area contributed by atoms with E-state index in [1.54, 1.807) is 30.4 Å². The molecule has 31 heavy (non-hydrogen) atoms. The molecule has 0 radical (unpaired) electrons. The molecule has 1 aromatic rings. The van der Waals surface area contributed by atoms with Gasteiger partial charge in [0.25, 0.3) is 0 Å². The number of aromatic hydroxyl groups is 1. The van der Waals surface area contributed by atoms with E-state index < -0.39 is 12.1 Å². The van der Waals surface area contributed by atoms with Crippen molar-refractivity contribution in [1.29, 1.82) is 0 Å². The Morgan fingerprint density at radius 2 is 2.26 bits per heavy atom. The van der Waals surface area contributed by atoms with Crippen LogP contribution in [0.3, 0.4) is 0 Å². The van der Waals surface area contributed by atoms with Gasteiger partial charge in [0, 0.05) is 25.1 Å². The molecule has 3 rings (SSSR count). The fourth-order valence-corrected chi connectivity index (χ4v) is 3.06. The van der Waals surface area contributed by atoms with Crippen molar-refractivity contribution in [3.8, 4) is 5.75 Å². The summed E-state index contributed by atoms with van der Waals surface area (Å²) < 4.78 is 11.3. The largest absolute Gasteiger partial charge is 0.507 e. The highest BCUT2D eigenvalue weighted by Gasteiger charge is 2.39. The highest BCUT2D eigenvalue weighted by molar-refractivity contribution is 5.96. The van der Waals surface area contributed by atoms with Gasteiger partial charge in [-0.3, -0.25) is 4.79 Å². The molecule has 0 aliphatic carbocycles. The van der Waals surface area contributed by atoms with Crippen LogP contribution in [0.1, 0.15) is 28.8 Å². The zero-order valence-corrected chi connectivity index (χ0v) is 17.0. The predicted octanol–water partition coefficient (Wildman–Crippen LogP) is 2.87. The number of phenolic OH excluding ortho intramolecular Hbond substituents is 1. The fourth-order valence-electron chi connectivity index (χ4n) is 3.06. The molecule has 8 nitrogen and oxygen atoms in total. The highest BCUT2D eigenvalue weighted by atomic mass is 16.6. The minimum Gasteiger partial charge on any atom is -0.507 e. The number of hydrogen-bond acceptors (Lipinski definition) is 7. The van der Waals surface area contributed by atoms with Crippen molar-refractivity contribution in [2.24, 2.45) is 5.16 Å². The normalized spacial score (nSPS) is 25.2. The first-order valence-corrected chi connectivity index (χ1v) is 9.80. The molecule has 1 fully saturated rings. The maximum Gasteiger partial charge on any atom is 0.342 e. The van der Waals surface area contributed by atoms with E-state index in [0.717, 1.165) is 0 Å². The van der Waals surface area contributed by atoms with Gasteiger partial charge in [-0.25, -0.2) is 4.79 Å². The number of cyclic esters (lactones) is 1. The maximum atomic E-state index is 12.8. The van der Waals surface area contributed by atoms with Crippen LogP contribution in [0.4, 0.5) is 0 Å². The molecule has 162 valence electrons. The number of carbonyl (C=O) groups excluding carboxylic acids is 2. The number of epoxide rings is 1. The van der Waals surface area contributed by atoms with Crippen LogP contribution in [-0.4, -0.2) is 48.6 Å². The van der Waals surface area contributed by atoms with Crippen molar-refractivity contribution < 1.29 is 29.0 Å². The topological polar surface area (TPSA) is 110 Å². The van der Waals surface area contributed by atoms with E-state index in [4.69, 9.17) is 9.47 Å². The number of carbonyl (C=O) groups is 2. The second-order valence-corrected chi connectivity index (χ2v) is 6.83. The lowest BCUT2D eigenvalue weighted by atomic mass is 10.0. The Labute approximate surface area is 180 Å². The Balaban J connectivity index is 1.66. The number of ether oxygens (including phenoxy) is 2. The Morgan fingerprint density at radius 1 is 1.39 bits per heavy atom. The summed E-state index contributed by atoms with van der Waals surface area (Å²) in [5.41, 5.74) is 0.681. The molecule has 0 unspecified atom stereocenters. The summed E-state index contributed by atoms with van der Waals surface area (Å²) in [6.07, 6.45) is 14.9. The predicted molar refractivity (Wildman–Crippen MR) is 115 cm³/mol. The third kappa shape index (κ3) is 6.68. The van der Waals surface area contributed by atoms with Crippen molar-refractivity contribution in [3.63, 3.8) is 0 Å². The molecule has 2 aliphatic rings. The number of oxime groups is 1. The first kappa shape index (κ1) is 22.0. The molecule has 2 aliphatic heterocycles. The van der Waals surface area contributed by atoms with Gasteiger partial charge in [0.2, 0.25) is 5.91 Å². The lowest BCUT2D eigenvalue weighted by Crippen LogP contribution is -2.21. The summed E-state index contributed by atoms with van der Waals surface area (Å²) in [6.45, 7) is 0. The Kier molecular flexibility index (Phi) is 7.78. The number of hydrogen-bond donors (Lipinski definition) is 2. The molecular formula is C23H24N2O6. The molecule has 0 saturated carbocycles. The van der Waals surface area contributed by atoms with Crippen LogP contribution in [0.15, 0.2) is 66.0 Å². The smallest absolute Gasteiger partial charge is 0.342 e. The molecular weight excluding hydrogens is 400 g/mol. The van der Waals surface area contributed by atoms with Gasteiger partial charge < -0.3 is 24.7 Å². The number of rotatable bonds is 6. The van der Waals surface area contributed by atoms with Gasteiger partial charge in [-0.2, -0.15) is 0 Å². The SMILES string of the molecule is CO/N=C/C=C\C(=O)N/C=C\C[C@H]1C[C@H]2O[C@H]2/C=C\C=C\c2cccc(O)c2C(=O)O1. The third-order valence-corrected chi connectivity index (χ3v) is 4.60. The molecule has 1 saturated heterocycles. The summed E-state index contributed by atoms with van der Waals surface area (Å²) in [5.74, 6) is -1.09. The number of fused-ring (bicyclic) bond motifs is 2. The van der Waals surface area contributed by atoms with E-state index >= 15 is 0 Å². The summed E-state index contributed by atoms with van der Waals surface area (Å²) in [5, 5.41) is 16.3. The van der Waals surface area contributed by atoms with Gasteiger partial charge in [0.1, 0.15) is 30.6 Å². The van der Waals surface area contributed by atoms with Crippen molar-refractivity contribution in [2.75, 3.05) is 7.11 Å². The van der Waals surface area contributed by atoms with E-state index in [0.29, 0.717) is 18.4 Å². The van der Waals surface area contributed by atoms with Crippen LogP contribution in [0, 0.1) is 0 Å². The highest BCUT2D eigenvalue weighted by Crippen LogP contribution is 2.31. The summed E-state index contributed by atoms with van der Waals surface area (Å²) >= 11 is 0. The van der Waals surface area contributed by atoms with Crippen LogP contribution in [0.2, 0.25) is 0 Å². The minimum absolute atomic E-state index is 0.0171. The fraction of sp³-hybridized carbons (Fsp3) is 0.261. The monoisotopic (exact) mass is 424 g/mol. The van der Waals surface area contributed by atoms with Crippen LogP contribution < -0.4 is 5.32 Å². The number of amides is 1. The molecule has 1 aromatic carbocycles. The zero-order valence-electron chi connectivity index (χ0n) is 17.0. The number of benzene rings is 1. The first-order valence-electron chi connectivity index (χ1n) is 9.80. The average molecular weight is 424 g/mol. The van der Waals surface area contributed by atoms with E-state index in [1.807, 2.05) is 12.2 Å². The molecule has 3 atom stereocenters. The molecule has 0 aromatic heterocycles. The molecule has 0 spiro atoms. The first-order chi connectivity index (χ1) is 15.1. The second-order valence-electron chi connectivity index (χ2n) is 6.83. The lowest BCUT2D eigenvalue weighted by Gasteiger charge is -2.17. The number of nitrogens with one attached hydrogen (secondary N) is 1. The summed E-state index contributed by atoms with van der Waals surface area (Å²) in [6, 6.07) is 4.85. The Bertz CT molecular complexity index is 947. The van der Waals surface area contributed by atoms with Crippen molar-refractivity contribution in [2.45, 2.75) is 31.2 Å². The van der Waals surface area contributed by atoms with Gasteiger partial charge in [-0.15, -0.1) is 0 Å². The lowest BCUT2D eigenvalue weighted by molar-refractivity contribution is -0.115. The number of phenols is 1. The minimum atomic E-state index is -0.609. The van der Waals surface area contributed by atoms with Gasteiger partial charge >= 0.3 is 5.97 Å². The van der Waals surface area contributed by atoms with Crippen LogP contribution >= 0.6 is 0 Å². The van der Waals surface area contributed by atoms with Gasteiger partial charge in [0.05, 0.1) is 12.3 Å². The summed E-state index contributed by atoms with van der Waals surface area (Å²) in [4.78, 5) is 29.0. The van der Waals surface area contributed by atoms with Crippen molar-refractivity contribution in [1.82, 2.24) is 5.32 Å². The maximum absolute atomic E-state index is 12.8. The van der Waals surface area contributed by atoms with E-state index in [-0.39, 0.29) is 29.4 Å². The molecule has 2 N–H and O–H groups in total. The van der Waals surface area contributed by atoms with Crippen molar-refractivity contribution >= 4 is 24.2 Å². The second kappa shape index (κ2) is 10.9. The standard InChI is InChI=1S/C23H24N2O6/c1-29-25-14-6-12-21(27)24-13-5-9-17-15-20-19(31-20)11-3-2-7-16-8-4-10-18(26)22(16)23(28)30-17/h2-8,10-14,17,19-20,26H,9,15H2,1H3,(H,24,27)/b7-2+,11-3-,12-6-,13-5-,25-14+/t17-,19-,20+/m0/s1. The van der Waals surface area contributed by atoms with E-state index in [9.17, 15) is 14.7 Å². The van der Waals surface area contributed by atoms with Crippen LogP contribution in [-0.2, 0) is 19.1 Å². The zero-order chi connectivity index (χ0) is 22.1. The summed E-state index contributed by atoms with van der Waals surface area (Å²) in [7, 11) is 1.41. The number of allylic oxidation sites excluding steroid dienone is 3. The van der Waals surface area contributed by atoms with E-state index in [2.05, 4.69) is 15.3 Å². The molecule has 8 heteroatoms. The number of nitrogens with zero attached hydrogens (tertiary/aromatic N) is 1. The number of esters is 1. The molecule has 0 bridgehead atoms. The Hall–Kier alpha value is -3.65. The Morgan fingerprint density at radius 3 is 3.10 bits per heavy atom.